The number of para-hydroxylation sites is 2. The second kappa shape index (κ2) is 8.81. The van der Waals surface area contributed by atoms with Crippen molar-refractivity contribution in [2.75, 3.05) is 18.6 Å². The van der Waals surface area contributed by atoms with Crippen LogP contribution >= 0.6 is 0 Å². The molecular formula is C33H23N3O4. The Balaban J connectivity index is 1.35. The second-order valence-corrected chi connectivity index (χ2v) is 9.85. The number of benzene rings is 4. The van der Waals surface area contributed by atoms with E-state index in [2.05, 4.69) is 39.2 Å². The summed E-state index contributed by atoms with van der Waals surface area (Å²) in [5.74, 6) is 2.35. The summed E-state index contributed by atoms with van der Waals surface area (Å²) in [7, 11) is 2.04. The van der Waals surface area contributed by atoms with Crippen molar-refractivity contribution in [3.8, 4) is 23.1 Å². The molecule has 0 amide bonds. The number of rotatable bonds is 5. The number of fused-ring (bicyclic) bond motifs is 6. The lowest BCUT2D eigenvalue weighted by molar-refractivity contribution is 0.452. The number of pyridine rings is 1. The first-order valence-corrected chi connectivity index (χ1v) is 13.0. The van der Waals surface area contributed by atoms with Gasteiger partial charge in [-0.1, -0.05) is 42.5 Å². The number of anilines is 1. The molecule has 7 nitrogen and oxygen atoms in total. The molecule has 3 aromatic heterocycles. The number of hydrogen-bond donors (Lipinski definition) is 0. The maximum absolute atomic E-state index is 6.86. The number of furan rings is 2. The molecule has 0 N–H and O–H groups in total. The molecule has 0 spiro atoms. The lowest BCUT2D eigenvalue weighted by Gasteiger charge is -2.19. The Morgan fingerprint density at radius 3 is 2.02 bits per heavy atom. The number of aromatic nitrogens is 1. The van der Waals surface area contributed by atoms with E-state index in [1.165, 1.54) is 0 Å². The number of hydrogen-bond acceptors (Lipinski definition) is 7. The van der Waals surface area contributed by atoms with Crippen molar-refractivity contribution < 1.29 is 18.3 Å². The molecule has 0 bridgehead atoms. The smallest absolute Gasteiger partial charge is 0.219 e. The second-order valence-electron chi connectivity index (χ2n) is 9.85. The van der Waals surface area contributed by atoms with Crippen LogP contribution in [0.5, 0.6) is 23.1 Å². The van der Waals surface area contributed by atoms with Gasteiger partial charge in [-0.25, -0.2) is 4.98 Å². The molecular weight excluding hydrogens is 502 g/mol. The van der Waals surface area contributed by atoms with Crippen LogP contribution in [0.4, 0.5) is 5.69 Å². The van der Waals surface area contributed by atoms with Gasteiger partial charge in [0.2, 0.25) is 5.88 Å². The van der Waals surface area contributed by atoms with Crippen LogP contribution in [0.2, 0.25) is 0 Å². The fourth-order valence-corrected chi connectivity index (χ4v) is 5.32. The zero-order chi connectivity index (χ0) is 26.6. The van der Waals surface area contributed by atoms with Crippen LogP contribution in [-0.4, -0.2) is 23.6 Å². The fraction of sp³-hybridized carbons (Fsp3) is 0.0606. The van der Waals surface area contributed by atoms with E-state index in [9.17, 15) is 0 Å². The first kappa shape index (κ1) is 22.5. The quantitative estimate of drug-likeness (QED) is 0.223. The van der Waals surface area contributed by atoms with E-state index in [0.29, 0.717) is 28.7 Å². The van der Waals surface area contributed by atoms with Gasteiger partial charge in [-0.3, -0.25) is 0 Å². The summed E-state index contributed by atoms with van der Waals surface area (Å²) in [6.07, 6.45) is 5.79. The average Bonchev–Trinajstić information content (AvgIpc) is 3.68. The predicted molar refractivity (Wildman–Crippen MR) is 156 cm³/mol. The van der Waals surface area contributed by atoms with Gasteiger partial charge in [-0.15, -0.1) is 0 Å². The molecule has 1 aliphatic rings. The van der Waals surface area contributed by atoms with Gasteiger partial charge in [0.1, 0.15) is 39.6 Å². The van der Waals surface area contributed by atoms with E-state index >= 15 is 0 Å². The first-order valence-electron chi connectivity index (χ1n) is 13.0. The maximum Gasteiger partial charge on any atom is 0.219 e. The normalized spacial score (nSPS) is 13.3. The molecule has 40 heavy (non-hydrogen) atoms. The van der Waals surface area contributed by atoms with Crippen LogP contribution in [0.15, 0.2) is 118 Å². The van der Waals surface area contributed by atoms with Crippen LogP contribution in [0.3, 0.4) is 0 Å². The van der Waals surface area contributed by atoms with Gasteiger partial charge in [0.15, 0.2) is 0 Å². The molecule has 0 radical (unpaired) electrons. The lowest BCUT2D eigenvalue weighted by atomic mass is 10.1. The molecule has 0 unspecified atom stereocenters. The highest BCUT2D eigenvalue weighted by atomic mass is 16.5. The van der Waals surface area contributed by atoms with Crippen LogP contribution in [0.25, 0.3) is 43.9 Å². The minimum Gasteiger partial charge on any atom is -0.456 e. The Kier molecular flexibility index (Phi) is 4.97. The van der Waals surface area contributed by atoms with Crippen LogP contribution in [-0.2, 0) is 0 Å². The molecule has 1 aliphatic heterocycles. The molecule has 0 saturated heterocycles. The highest BCUT2D eigenvalue weighted by Gasteiger charge is 2.21. The van der Waals surface area contributed by atoms with Crippen molar-refractivity contribution >= 4 is 49.6 Å². The molecule has 4 heterocycles. The van der Waals surface area contributed by atoms with Crippen molar-refractivity contribution in [3.63, 3.8) is 0 Å². The lowest BCUT2D eigenvalue weighted by Crippen LogP contribution is -2.21. The van der Waals surface area contributed by atoms with E-state index in [1.54, 1.807) is 6.20 Å². The van der Waals surface area contributed by atoms with Crippen molar-refractivity contribution in [2.24, 2.45) is 0 Å². The molecule has 194 valence electrons. The summed E-state index contributed by atoms with van der Waals surface area (Å²) < 4.78 is 25.5. The van der Waals surface area contributed by atoms with Gasteiger partial charge >= 0.3 is 0 Å². The van der Waals surface area contributed by atoms with Crippen molar-refractivity contribution in [1.29, 1.82) is 0 Å². The average molecular weight is 526 g/mol. The third-order valence-corrected chi connectivity index (χ3v) is 7.13. The highest BCUT2D eigenvalue weighted by Crippen LogP contribution is 2.45. The molecule has 8 rings (SSSR count). The highest BCUT2D eigenvalue weighted by molar-refractivity contribution is 6.11. The van der Waals surface area contributed by atoms with Gasteiger partial charge in [-0.05, 0) is 18.2 Å². The Bertz CT molecular complexity index is 2080. The van der Waals surface area contributed by atoms with E-state index in [1.807, 2.05) is 86.0 Å². The molecule has 4 aromatic carbocycles. The first-order chi connectivity index (χ1) is 19.7. The maximum atomic E-state index is 6.86. The molecule has 0 aliphatic carbocycles. The minimum absolute atomic E-state index is 0.485. The van der Waals surface area contributed by atoms with Gasteiger partial charge < -0.3 is 28.1 Å². The largest absolute Gasteiger partial charge is 0.456 e. The van der Waals surface area contributed by atoms with Gasteiger partial charge in [0, 0.05) is 72.4 Å². The molecule has 0 saturated carbocycles. The number of ether oxygens (including phenoxy) is 2. The topological polar surface area (TPSA) is 64.1 Å². The standard InChI is InChI=1S/C33H23N3O4/c1-35-14-15-36(20-35)21-16-27-32(23-8-2-4-10-25(23)38-27)28(17-21)40-30-19-22(37-31-12-6-7-13-34-31)18-29-33(30)24-9-3-5-11-26(24)39-29/h2-19H,20H2,1H3. The zero-order valence-corrected chi connectivity index (χ0v) is 21.6. The Hall–Kier alpha value is -5.43. The van der Waals surface area contributed by atoms with E-state index in [0.717, 1.165) is 50.7 Å². The van der Waals surface area contributed by atoms with E-state index < -0.39 is 0 Å². The molecule has 7 aromatic rings. The summed E-state index contributed by atoms with van der Waals surface area (Å²) in [4.78, 5) is 8.59. The minimum atomic E-state index is 0.485. The monoisotopic (exact) mass is 525 g/mol. The van der Waals surface area contributed by atoms with Crippen molar-refractivity contribution in [1.82, 2.24) is 9.88 Å². The Morgan fingerprint density at radius 1 is 0.675 bits per heavy atom. The predicted octanol–water partition coefficient (Wildman–Crippen LogP) is 8.65. The van der Waals surface area contributed by atoms with Gasteiger partial charge in [0.05, 0.1) is 17.4 Å². The third kappa shape index (κ3) is 3.71. The molecule has 7 heteroatoms. The molecule has 0 atom stereocenters. The third-order valence-electron chi connectivity index (χ3n) is 7.13. The zero-order valence-electron chi connectivity index (χ0n) is 21.6. The molecule has 0 fully saturated rings. The summed E-state index contributed by atoms with van der Waals surface area (Å²) in [5, 5.41) is 3.73. The van der Waals surface area contributed by atoms with Gasteiger partial charge in [-0.2, -0.15) is 0 Å². The fourth-order valence-electron chi connectivity index (χ4n) is 5.32. The van der Waals surface area contributed by atoms with Gasteiger partial charge in [0.25, 0.3) is 0 Å². The van der Waals surface area contributed by atoms with Crippen LogP contribution in [0.1, 0.15) is 0 Å². The Labute approximate surface area is 229 Å². The van der Waals surface area contributed by atoms with Crippen LogP contribution < -0.4 is 14.4 Å². The van der Waals surface area contributed by atoms with Crippen LogP contribution in [0, 0.1) is 0 Å². The summed E-state index contributed by atoms with van der Waals surface area (Å²) in [5.41, 5.74) is 3.97. The SMILES string of the molecule is CN1C=CN(c2cc(Oc3cc(Oc4ccccn4)cc4oc5ccccc5c34)c3c(c2)oc2ccccc23)C1. The van der Waals surface area contributed by atoms with E-state index in [-0.39, 0.29) is 0 Å². The van der Waals surface area contributed by atoms with Crippen molar-refractivity contribution in [3.05, 3.63) is 110 Å². The number of nitrogens with zero attached hydrogens (tertiary/aromatic N) is 3. The summed E-state index contributed by atoms with van der Waals surface area (Å²) >= 11 is 0. The Morgan fingerprint density at radius 2 is 1.35 bits per heavy atom. The summed E-state index contributed by atoms with van der Waals surface area (Å²) in [6, 6.07) is 29.4. The summed E-state index contributed by atoms with van der Waals surface area (Å²) in [6.45, 7) is 0.731. The van der Waals surface area contributed by atoms with Crippen molar-refractivity contribution in [2.45, 2.75) is 0 Å². The van der Waals surface area contributed by atoms with E-state index in [4.69, 9.17) is 18.3 Å².